The zero-order valence-corrected chi connectivity index (χ0v) is 15.0. The molecule has 1 aromatic carbocycles. The van der Waals surface area contributed by atoms with Crippen molar-refractivity contribution in [1.29, 1.82) is 0 Å². The van der Waals surface area contributed by atoms with Gasteiger partial charge in [0.25, 0.3) is 0 Å². The maximum atomic E-state index is 12.3. The van der Waals surface area contributed by atoms with E-state index in [1.54, 1.807) is 21.9 Å². The predicted octanol–water partition coefficient (Wildman–Crippen LogP) is 0.272. The van der Waals surface area contributed by atoms with Crippen LogP contribution in [0.15, 0.2) is 23.1 Å². The summed E-state index contributed by atoms with van der Waals surface area (Å²) in [6, 6.07) is 4.86. The molecule has 1 aromatic rings. The number of carbonyl (C=O) groups is 2. The minimum Gasteiger partial charge on any atom is -0.339 e. The molecule has 2 rings (SSSR count). The Morgan fingerprint density at radius 1 is 1.04 bits per heavy atom. The van der Waals surface area contributed by atoms with Crippen molar-refractivity contribution in [2.24, 2.45) is 0 Å². The van der Waals surface area contributed by atoms with Crippen molar-refractivity contribution in [3.05, 3.63) is 29.3 Å². The van der Waals surface area contributed by atoms with E-state index < -0.39 is 10.0 Å². The highest BCUT2D eigenvalue weighted by Gasteiger charge is 2.24. The van der Waals surface area contributed by atoms with Crippen molar-refractivity contribution in [3.63, 3.8) is 0 Å². The number of rotatable bonds is 4. The van der Waals surface area contributed by atoms with Gasteiger partial charge in [-0.3, -0.25) is 9.59 Å². The smallest absolute Gasteiger partial charge is 0.241 e. The van der Waals surface area contributed by atoms with Gasteiger partial charge in [0.05, 0.1) is 11.4 Å². The fourth-order valence-electron chi connectivity index (χ4n) is 2.50. The highest BCUT2D eigenvalue weighted by atomic mass is 32.2. The lowest BCUT2D eigenvalue weighted by Gasteiger charge is -2.34. The van der Waals surface area contributed by atoms with Crippen LogP contribution in [0.25, 0.3) is 0 Å². The summed E-state index contributed by atoms with van der Waals surface area (Å²) < 4.78 is 26.9. The van der Waals surface area contributed by atoms with Gasteiger partial charge in [0.15, 0.2) is 0 Å². The van der Waals surface area contributed by atoms with Crippen LogP contribution < -0.4 is 4.72 Å². The quantitative estimate of drug-likeness (QED) is 0.842. The molecule has 0 saturated carbocycles. The van der Waals surface area contributed by atoms with Gasteiger partial charge in [-0.1, -0.05) is 6.07 Å². The molecule has 132 valence electrons. The first-order chi connectivity index (χ1) is 11.2. The molecule has 2 amide bonds. The van der Waals surface area contributed by atoms with Crippen LogP contribution in [0.2, 0.25) is 0 Å². The number of piperazine rings is 1. The Morgan fingerprint density at radius 3 is 2.17 bits per heavy atom. The third-order valence-electron chi connectivity index (χ3n) is 4.28. The molecule has 7 nitrogen and oxygen atoms in total. The molecule has 0 atom stereocenters. The van der Waals surface area contributed by atoms with Crippen LogP contribution in [0.1, 0.15) is 18.1 Å². The van der Waals surface area contributed by atoms with Crippen molar-refractivity contribution in [2.45, 2.75) is 25.7 Å². The molecule has 1 fully saturated rings. The average molecular weight is 353 g/mol. The zero-order valence-electron chi connectivity index (χ0n) is 14.2. The SMILES string of the molecule is CC(=O)N1CCN(C(=O)CNS(=O)(=O)c2ccc(C)c(C)c2)CC1. The number of amides is 2. The summed E-state index contributed by atoms with van der Waals surface area (Å²) in [5.74, 6) is -0.303. The number of sulfonamides is 1. The van der Waals surface area contributed by atoms with Crippen molar-refractivity contribution >= 4 is 21.8 Å². The summed E-state index contributed by atoms with van der Waals surface area (Å²) >= 11 is 0. The lowest BCUT2D eigenvalue weighted by atomic mass is 10.1. The number of nitrogens with one attached hydrogen (secondary N) is 1. The molecular formula is C16H23N3O4S. The molecule has 0 aromatic heterocycles. The van der Waals surface area contributed by atoms with E-state index in [0.717, 1.165) is 11.1 Å². The van der Waals surface area contributed by atoms with Crippen molar-refractivity contribution in [1.82, 2.24) is 14.5 Å². The fourth-order valence-corrected chi connectivity index (χ4v) is 3.56. The molecule has 0 spiro atoms. The summed E-state index contributed by atoms with van der Waals surface area (Å²) in [5, 5.41) is 0. The molecule has 1 aliphatic rings. The third-order valence-corrected chi connectivity index (χ3v) is 5.68. The van der Waals surface area contributed by atoms with Gasteiger partial charge in [-0.05, 0) is 37.1 Å². The molecule has 1 heterocycles. The number of benzene rings is 1. The molecule has 1 N–H and O–H groups in total. The molecule has 8 heteroatoms. The summed E-state index contributed by atoms with van der Waals surface area (Å²) in [4.78, 5) is 26.8. The van der Waals surface area contributed by atoms with E-state index in [2.05, 4.69) is 4.72 Å². The number of aryl methyl sites for hydroxylation is 2. The van der Waals surface area contributed by atoms with Crippen LogP contribution in [0.3, 0.4) is 0 Å². The van der Waals surface area contributed by atoms with Gasteiger partial charge >= 0.3 is 0 Å². The highest BCUT2D eigenvalue weighted by Crippen LogP contribution is 2.14. The molecule has 0 unspecified atom stereocenters. The number of hydrogen-bond donors (Lipinski definition) is 1. The largest absolute Gasteiger partial charge is 0.339 e. The predicted molar refractivity (Wildman–Crippen MR) is 89.9 cm³/mol. The van der Waals surface area contributed by atoms with Gasteiger partial charge in [0, 0.05) is 33.1 Å². The van der Waals surface area contributed by atoms with E-state index in [-0.39, 0.29) is 23.3 Å². The second-order valence-corrected chi connectivity index (χ2v) is 7.72. The Kier molecular flexibility index (Phi) is 5.61. The molecule has 0 radical (unpaired) electrons. The van der Waals surface area contributed by atoms with Crippen molar-refractivity contribution in [2.75, 3.05) is 32.7 Å². The monoisotopic (exact) mass is 353 g/mol. The van der Waals surface area contributed by atoms with Crippen LogP contribution in [-0.2, 0) is 19.6 Å². The maximum absolute atomic E-state index is 12.3. The Labute approximate surface area is 142 Å². The summed E-state index contributed by atoms with van der Waals surface area (Å²) in [6.07, 6.45) is 0. The lowest BCUT2D eigenvalue weighted by molar-refractivity contribution is -0.137. The molecule has 0 aliphatic carbocycles. The lowest BCUT2D eigenvalue weighted by Crippen LogP contribution is -2.52. The Morgan fingerprint density at radius 2 is 1.62 bits per heavy atom. The van der Waals surface area contributed by atoms with Gasteiger partial charge < -0.3 is 9.80 Å². The molecule has 0 bridgehead atoms. The Hall–Kier alpha value is -1.93. The Balaban J connectivity index is 1.93. The third kappa shape index (κ3) is 4.33. The second kappa shape index (κ2) is 7.31. The van der Waals surface area contributed by atoms with Crippen LogP contribution in [0.5, 0.6) is 0 Å². The van der Waals surface area contributed by atoms with E-state index in [1.165, 1.54) is 13.0 Å². The number of carbonyl (C=O) groups excluding carboxylic acids is 2. The highest BCUT2D eigenvalue weighted by molar-refractivity contribution is 7.89. The normalized spacial score (nSPS) is 15.5. The number of nitrogens with zero attached hydrogens (tertiary/aromatic N) is 2. The van der Waals surface area contributed by atoms with E-state index in [0.29, 0.717) is 26.2 Å². The first-order valence-corrected chi connectivity index (χ1v) is 9.29. The van der Waals surface area contributed by atoms with Gasteiger partial charge in [-0.15, -0.1) is 0 Å². The van der Waals surface area contributed by atoms with Crippen LogP contribution >= 0.6 is 0 Å². The maximum Gasteiger partial charge on any atom is 0.241 e. The molecule has 24 heavy (non-hydrogen) atoms. The van der Waals surface area contributed by atoms with Crippen molar-refractivity contribution in [3.8, 4) is 0 Å². The van der Waals surface area contributed by atoms with Gasteiger partial charge in [0.1, 0.15) is 0 Å². The topological polar surface area (TPSA) is 86.8 Å². The van der Waals surface area contributed by atoms with Gasteiger partial charge in [-0.2, -0.15) is 0 Å². The Bertz CT molecular complexity index is 738. The summed E-state index contributed by atoms with van der Waals surface area (Å²) in [7, 11) is -3.72. The minimum atomic E-state index is -3.72. The summed E-state index contributed by atoms with van der Waals surface area (Å²) in [6.45, 7) is 6.76. The second-order valence-electron chi connectivity index (χ2n) is 5.96. The fraction of sp³-hybridized carbons (Fsp3) is 0.500. The molecule has 1 saturated heterocycles. The first kappa shape index (κ1) is 18.4. The van der Waals surface area contributed by atoms with E-state index in [4.69, 9.17) is 0 Å². The number of hydrogen-bond acceptors (Lipinski definition) is 4. The average Bonchev–Trinajstić information content (AvgIpc) is 2.55. The van der Waals surface area contributed by atoms with E-state index >= 15 is 0 Å². The van der Waals surface area contributed by atoms with Crippen molar-refractivity contribution < 1.29 is 18.0 Å². The molecule has 1 aliphatic heterocycles. The van der Waals surface area contributed by atoms with Gasteiger partial charge in [0.2, 0.25) is 21.8 Å². The first-order valence-electron chi connectivity index (χ1n) is 7.81. The van der Waals surface area contributed by atoms with E-state index in [9.17, 15) is 18.0 Å². The summed E-state index contributed by atoms with van der Waals surface area (Å²) in [5.41, 5.74) is 1.89. The zero-order chi connectivity index (χ0) is 17.9. The van der Waals surface area contributed by atoms with Crippen LogP contribution in [0.4, 0.5) is 0 Å². The minimum absolute atomic E-state index is 0.0162. The molecular weight excluding hydrogens is 330 g/mol. The van der Waals surface area contributed by atoms with E-state index in [1.807, 2.05) is 13.8 Å². The standard InChI is InChI=1S/C16H23N3O4S/c1-12-4-5-15(10-13(12)2)24(22,23)17-11-16(21)19-8-6-18(7-9-19)14(3)20/h4-5,10,17H,6-9,11H2,1-3H3. The van der Waals surface area contributed by atoms with Crippen LogP contribution in [-0.4, -0.2) is 62.8 Å². The van der Waals surface area contributed by atoms with Crippen LogP contribution in [0, 0.1) is 13.8 Å². The van der Waals surface area contributed by atoms with Gasteiger partial charge in [-0.25, -0.2) is 13.1 Å².